The van der Waals surface area contributed by atoms with Crippen molar-refractivity contribution < 1.29 is 13.9 Å². The van der Waals surface area contributed by atoms with Crippen molar-refractivity contribution >= 4 is 6.08 Å². The fraction of sp³-hybridized carbons (Fsp3) is 0.423. The number of ether oxygens (including phenoxy) is 2. The van der Waals surface area contributed by atoms with Gasteiger partial charge in [-0.1, -0.05) is 50.6 Å². The SMILES string of the molecule is C=CCOc1ccc(-c2ccc(/C=C/CCCC(C)OCCCCC)cn2)c(F)c1. The van der Waals surface area contributed by atoms with Gasteiger partial charge in [-0.25, -0.2) is 4.39 Å². The maximum Gasteiger partial charge on any atom is 0.136 e. The Bertz CT molecular complexity index is 786. The molecule has 162 valence electrons. The number of rotatable bonds is 14. The third-order valence-electron chi connectivity index (χ3n) is 4.81. The lowest BCUT2D eigenvalue weighted by atomic mass is 10.1. The summed E-state index contributed by atoms with van der Waals surface area (Å²) in [6.45, 7) is 9.16. The number of pyridine rings is 1. The summed E-state index contributed by atoms with van der Waals surface area (Å²) in [5.74, 6) is 0.134. The molecule has 0 saturated heterocycles. The number of hydrogen-bond acceptors (Lipinski definition) is 3. The van der Waals surface area contributed by atoms with Crippen molar-refractivity contribution in [3.8, 4) is 17.0 Å². The van der Waals surface area contributed by atoms with E-state index in [1.54, 1.807) is 24.4 Å². The quantitative estimate of drug-likeness (QED) is 0.243. The normalized spacial score (nSPS) is 12.2. The average Bonchev–Trinajstić information content (AvgIpc) is 2.76. The van der Waals surface area contributed by atoms with Crippen molar-refractivity contribution in [1.82, 2.24) is 4.98 Å². The van der Waals surface area contributed by atoms with E-state index in [1.807, 2.05) is 12.1 Å². The van der Waals surface area contributed by atoms with E-state index in [1.165, 1.54) is 18.9 Å². The highest BCUT2D eigenvalue weighted by atomic mass is 19.1. The molecule has 1 aromatic carbocycles. The summed E-state index contributed by atoms with van der Waals surface area (Å²) in [5.41, 5.74) is 2.08. The molecule has 0 N–H and O–H groups in total. The molecule has 2 rings (SSSR count). The van der Waals surface area contributed by atoms with Gasteiger partial charge in [-0.3, -0.25) is 4.98 Å². The van der Waals surface area contributed by atoms with Crippen LogP contribution in [0.2, 0.25) is 0 Å². The third kappa shape index (κ3) is 8.50. The Labute approximate surface area is 180 Å². The fourth-order valence-corrected chi connectivity index (χ4v) is 3.07. The Hall–Kier alpha value is -2.46. The number of allylic oxidation sites excluding steroid dienone is 1. The molecule has 1 aromatic heterocycles. The summed E-state index contributed by atoms with van der Waals surface area (Å²) < 4.78 is 25.5. The van der Waals surface area contributed by atoms with Crippen LogP contribution in [0, 0.1) is 5.82 Å². The molecule has 3 nitrogen and oxygen atoms in total. The van der Waals surface area contributed by atoms with Gasteiger partial charge in [0.1, 0.15) is 18.2 Å². The molecule has 0 aliphatic carbocycles. The van der Waals surface area contributed by atoms with Crippen LogP contribution < -0.4 is 4.74 Å². The van der Waals surface area contributed by atoms with Gasteiger partial charge in [0.25, 0.3) is 0 Å². The summed E-state index contributed by atoms with van der Waals surface area (Å²) in [4.78, 5) is 4.41. The predicted molar refractivity (Wildman–Crippen MR) is 123 cm³/mol. The standard InChI is InChI=1S/C26H34FNO2/c1-4-6-10-18-29-21(3)11-8-7-9-12-22-13-16-26(28-20-22)24-15-14-23(19-25(24)27)30-17-5-2/h5,9,12-16,19-21H,2,4,6-8,10-11,17-18H2,1,3H3/b12-9+. The Balaban J connectivity index is 1.78. The minimum atomic E-state index is -0.349. The van der Waals surface area contributed by atoms with Crippen LogP contribution in [0.5, 0.6) is 5.75 Å². The van der Waals surface area contributed by atoms with Gasteiger partial charge in [0.15, 0.2) is 0 Å². The first-order chi connectivity index (χ1) is 14.6. The molecule has 0 spiro atoms. The molecule has 1 unspecified atom stereocenters. The molecule has 30 heavy (non-hydrogen) atoms. The number of benzene rings is 1. The molecule has 1 heterocycles. The van der Waals surface area contributed by atoms with Crippen molar-refractivity contribution in [1.29, 1.82) is 0 Å². The van der Waals surface area contributed by atoms with Crippen LogP contribution >= 0.6 is 0 Å². The molecule has 4 heteroatoms. The van der Waals surface area contributed by atoms with Crippen molar-refractivity contribution in [2.24, 2.45) is 0 Å². The van der Waals surface area contributed by atoms with E-state index in [9.17, 15) is 4.39 Å². The zero-order valence-corrected chi connectivity index (χ0v) is 18.3. The lowest BCUT2D eigenvalue weighted by molar-refractivity contribution is 0.0566. The van der Waals surface area contributed by atoms with E-state index in [2.05, 4.69) is 37.6 Å². The molecule has 0 fully saturated rings. The minimum absolute atomic E-state index is 0.319. The van der Waals surface area contributed by atoms with Gasteiger partial charge < -0.3 is 9.47 Å². The summed E-state index contributed by atoms with van der Waals surface area (Å²) in [6, 6.07) is 8.61. The van der Waals surface area contributed by atoms with E-state index >= 15 is 0 Å². The van der Waals surface area contributed by atoms with E-state index < -0.39 is 0 Å². The summed E-state index contributed by atoms with van der Waals surface area (Å²) in [7, 11) is 0. The number of unbranched alkanes of at least 4 members (excludes halogenated alkanes) is 3. The van der Waals surface area contributed by atoms with Gasteiger partial charge >= 0.3 is 0 Å². The van der Waals surface area contributed by atoms with Gasteiger partial charge in [0.05, 0.1) is 11.8 Å². The molecular formula is C26H34FNO2. The summed E-state index contributed by atoms with van der Waals surface area (Å²) in [6.07, 6.45) is 14.7. The first-order valence-corrected chi connectivity index (χ1v) is 10.9. The van der Waals surface area contributed by atoms with Gasteiger partial charge in [-0.05, 0) is 56.4 Å². The van der Waals surface area contributed by atoms with Crippen molar-refractivity contribution in [3.05, 3.63) is 66.6 Å². The largest absolute Gasteiger partial charge is 0.489 e. The number of aromatic nitrogens is 1. The van der Waals surface area contributed by atoms with Gasteiger partial charge in [0, 0.05) is 24.4 Å². The molecule has 1 atom stereocenters. The van der Waals surface area contributed by atoms with Crippen LogP contribution in [-0.2, 0) is 4.74 Å². The smallest absolute Gasteiger partial charge is 0.136 e. The highest BCUT2D eigenvalue weighted by Crippen LogP contribution is 2.25. The van der Waals surface area contributed by atoms with Crippen LogP contribution in [0.4, 0.5) is 4.39 Å². The van der Waals surface area contributed by atoms with Crippen molar-refractivity contribution in [2.45, 2.75) is 58.5 Å². The maximum atomic E-state index is 14.4. The second kappa shape index (κ2) is 13.7. The average molecular weight is 412 g/mol. The van der Waals surface area contributed by atoms with Gasteiger partial charge in [-0.15, -0.1) is 0 Å². The fourth-order valence-electron chi connectivity index (χ4n) is 3.07. The third-order valence-corrected chi connectivity index (χ3v) is 4.81. The Morgan fingerprint density at radius 2 is 2.03 bits per heavy atom. The van der Waals surface area contributed by atoms with Crippen LogP contribution in [0.3, 0.4) is 0 Å². The highest BCUT2D eigenvalue weighted by Gasteiger charge is 2.08. The topological polar surface area (TPSA) is 31.4 Å². The molecule has 0 aliphatic heterocycles. The lowest BCUT2D eigenvalue weighted by Crippen LogP contribution is -2.08. The van der Waals surface area contributed by atoms with Crippen LogP contribution in [0.15, 0.2) is 55.3 Å². The Morgan fingerprint density at radius 1 is 1.17 bits per heavy atom. The molecule has 0 aliphatic rings. The monoisotopic (exact) mass is 411 g/mol. The zero-order chi connectivity index (χ0) is 21.6. The van der Waals surface area contributed by atoms with E-state index in [4.69, 9.17) is 9.47 Å². The zero-order valence-electron chi connectivity index (χ0n) is 18.3. The first kappa shape index (κ1) is 23.8. The number of halogens is 1. The van der Waals surface area contributed by atoms with Crippen LogP contribution in [0.25, 0.3) is 17.3 Å². The molecular weight excluding hydrogens is 377 g/mol. The second-order valence-corrected chi connectivity index (χ2v) is 7.44. The van der Waals surface area contributed by atoms with E-state index in [0.717, 1.165) is 37.9 Å². The Morgan fingerprint density at radius 3 is 2.73 bits per heavy atom. The molecule has 0 saturated carbocycles. The van der Waals surface area contributed by atoms with Gasteiger partial charge in [-0.2, -0.15) is 0 Å². The van der Waals surface area contributed by atoms with Crippen molar-refractivity contribution in [3.63, 3.8) is 0 Å². The molecule has 0 radical (unpaired) electrons. The van der Waals surface area contributed by atoms with E-state index in [-0.39, 0.29) is 5.82 Å². The summed E-state index contributed by atoms with van der Waals surface area (Å²) >= 11 is 0. The van der Waals surface area contributed by atoms with Gasteiger partial charge in [0.2, 0.25) is 0 Å². The second-order valence-electron chi connectivity index (χ2n) is 7.44. The van der Waals surface area contributed by atoms with Crippen molar-refractivity contribution in [2.75, 3.05) is 13.2 Å². The maximum absolute atomic E-state index is 14.4. The first-order valence-electron chi connectivity index (χ1n) is 10.9. The number of nitrogens with zero attached hydrogens (tertiary/aromatic N) is 1. The molecule has 2 aromatic rings. The predicted octanol–water partition coefficient (Wildman–Crippen LogP) is 7.23. The number of hydrogen-bond donors (Lipinski definition) is 0. The van der Waals surface area contributed by atoms with Crippen LogP contribution in [0.1, 0.15) is 57.9 Å². The highest BCUT2D eigenvalue weighted by molar-refractivity contribution is 5.62. The molecule has 0 amide bonds. The van der Waals surface area contributed by atoms with E-state index in [0.29, 0.717) is 29.7 Å². The Kier molecular flexibility index (Phi) is 10.9. The van der Waals surface area contributed by atoms with Crippen LogP contribution in [-0.4, -0.2) is 24.3 Å². The summed E-state index contributed by atoms with van der Waals surface area (Å²) in [5, 5.41) is 0. The minimum Gasteiger partial charge on any atom is -0.489 e. The molecule has 0 bridgehead atoms. The lowest BCUT2D eigenvalue weighted by Gasteiger charge is -2.12.